The minimum atomic E-state index is -0.570. The van der Waals surface area contributed by atoms with E-state index in [-0.39, 0.29) is 17.2 Å². The van der Waals surface area contributed by atoms with Crippen molar-refractivity contribution >= 4 is 69.7 Å². The van der Waals surface area contributed by atoms with E-state index < -0.39 is 11.9 Å². The minimum absolute atomic E-state index is 0.144. The summed E-state index contributed by atoms with van der Waals surface area (Å²) in [6.45, 7) is 0. The summed E-state index contributed by atoms with van der Waals surface area (Å²) in [5.74, 6) is -0.625. The van der Waals surface area contributed by atoms with Gasteiger partial charge in [0.05, 0.1) is 21.2 Å². The predicted molar refractivity (Wildman–Crippen MR) is 128 cm³/mol. The van der Waals surface area contributed by atoms with Gasteiger partial charge in [-0.1, -0.05) is 47.5 Å². The Bertz CT molecular complexity index is 1250. The zero-order chi connectivity index (χ0) is 22.0. The van der Waals surface area contributed by atoms with Crippen LogP contribution in [0.5, 0.6) is 5.75 Å². The molecule has 0 aromatic heterocycles. The number of aliphatic imine (C=N–C) groups is 1. The number of hydrogen-bond donors (Lipinski definition) is 0. The first-order valence-corrected chi connectivity index (χ1v) is 10.8. The molecule has 154 valence electrons. The Morgan fingerprint density at radius 3 is 2.48 bits per heavy atom. The molecule has 0 spiro atoms. The maximum Gasteiger partial charge on any atom is 0.363 e. The van der Waals surface area contributed by atoms with Crippen molar-refractivity contribution in [2.75, 3.05) is 0 Å². The smallest absolute Gasteiger partial charge is 0.363 e. The van der Waals surface area contributed by atoms with E-state index in [1.807, 2.05) is 6.07 Å². The van der Waals surface area contributed by atoms with Crippen LogP contribution in [0.3, 0.4) is 0 Å². The second-order valence-corrected chi connectivity index (χ2v) is 8.46. The van der Waals surface area contributed by atoms with Gasteiger partial charge < -0.3 is 9.47 Å². The van der Waals surface area contributed by atoms with Gasteiger partial charge in [0.2, 0.25) is 5.90 Å². The van der Waals surface area contributed by atoms with Gasteiger partial charge >= 0.3 is 11.9 Å². The van der Waals surface area contributed by atoms with Crippen molar-refractivity contribution in [2.24, 2.45) is 4.99 Å². The van der Waals surface area contributed by atoms with Crippen LogP contribution in [0, 0.1) is 3.57 Å². The molecule has 0 aliphatic carbocycles. The highest BCUT2D eigenvalue weighted by molar-refractivity contribution is 14.1. The molecular formula is C23H12Cl2INO4. The summed E-state index contributed by atoms with van der Waals surface area (Å²) >= 11 is 14.4. The van der Waals surface area contributed by atoms with Crippen molar-refractivity contribution in [3.05, 3.63) is 103 Å². The maximum atomic E-state index is 12.3. The van der Waals surface area contributed by atoms with Crippen molar-refractivity contribution in [1.29, 1.82) is 0 Å². The van der Waals surface area contributed by atoms with E-state index >= 15 is 0 Å². The Morgan fingerprint density at radius 1 is 1.00 bits per heavy atom. The fourth-order valence-corrected chi connectivity index (χ4v) is 3.67. The van der Waals surface area contributed by atoms with E-state index in [4.69, 9.17) is 32.7 Å². The molecule has 1 aliphatic heterocycles. The topological polar surface area (TPSA) is 65.0 Å². The van der Waals surface area contributed by atoms with Gasteiger partial charge in [-0.3, -0.25) is 0 Å². The monoisotopic (exact) mass is 563 g/mol. The number of carbonyl (C=O) groups is 2. The molecule has 0 saturated heterocycles. The standard InChI is InChI=1S/C23H12Cl2INO4/c24-18-4-2-1-3-16(18)22(28)30-15-8-5-13(6-9-15)11-20-23(29)31-21(27-20)17-12-14(26)7-10-19(17)25/h1-12H/b20-11-. The molecule has 5 nitrogen and oxygen atoms in total. The van der Waals surface area contributed by atoms with Crippen LogP contribution in [0.25, 0.3) is 6.08 Å². The van der Waals surface area contributed by atoms with Gasteiger partial charge in [0, 0.05) is 3.57 Å². The maximum absolute atomic E-state index is 12.3. The number of carbonyl (C=O) groups excluding carboxylic acids is 2. The van der Waals surface area contributed by atoms with Crippen LogP contribution in [0.4, 0.5) is 0 Å². The van der Waals surface area contributed by atoms with Crippen LogP contribution in [-0.4, -0.2) is 17.8 Å². The van der Waals surface area contributed by atoms with Gasteiger partial charge in [0.1, 0.15) is 5.75 Å². The quantitative estimate of drug-likeness (QED) is 0.165. The summed E-state index contributed by atoms with van der Waals surface area (Å²) in [5, 5.41) is 0.758. The molecular weight excluding hydrogens is 552 g/mol. The number of hydrogen-bond acceptors (Lipinski definition) is 5. The Balaban J connectivity index is 1.52. The average Bonchev–Trinajstić information content (AvgIpc) is 3.11. The molecule has 3 aromatic rings. The van der Waals surface area contributed by atoms with E-state index in [1.54, 1.807) is 66.7 Å². The molecule has 1 heterocycles. The molecule has 1 aliphatic rings. The molecule has 31 heavy (non-hydrogen) atoms. The fraction of sp³-hybridized carbons (Fsp3) is 0. The molecule has 0 atom stereocenters. The highest BCUT2D eigenvalue weighted by Gasteiger charge is 2.25. The Kier molecular flexibility index (Phi) is 6.41. The molecule has 0 bridgehead atoms. The number of esters is 2. The second-order valence-electron chi connectivity index (χ2n) is 6.40. The third-order valence-electron chi connectivity index (χ3n) is 4.27. The molecule has 0 N–H and O–H groups in total. The normalized spacial score (nSPS) is 14.4. The predicted octanol–water partition coefficient (Wildman–Crippen LogP) is 6.16. The van der Waals surface area contributed by atoms with Crippen LogP contribution < -0.4 is 4.74 Å². The van der Waals surface area contributed by atoms with Gasteiger partial charge in [-0.25, -0.2) is 14.6 Å². The van der Waals surface area contributed by atoms with Crippen molar-refractivity contribution in [2.45, 2.75) is 0 Å². The van der Waals surface area contributed by atoms with E-state index in [9.17, 15) is 9.59 Å². The van der Waals surface area contributed by atoms with Crippen LogP contribution >= 0.6 is 45.8 Å². The molecule has 4 rings (SSSR count). The lowest BCUT2D eigenvalue weighted by atomic mass is 10.2. The first-order valence-electron chi connectivity index (χ1n) is 8.95. The zero-order valence-electron chi connectivity index (χ0n) is 15.6. The molecule has 8 heteroatoms. The van der Waals surface area contributed by atoms with E-state index in [2.05, 4.69) is 27.6 Å². The first-order chi connectivity index (χ1) is 14.9. The zero-order valence-corrected chi connectivity index (χ0v) is 19.3. The van der Waals surface area contributed by atoms with E-state index in [0.29, 0.717) is 26.9 Å². The summed E-state index contributed by atoms with van der Waals surface area (Å²) in [5.41, 5.74) is 1.65. The van der Waals surface area contributed by atoms with Crippen LogP contribution in [0.1, 0.15) is 21.5 Å². The van der Waals surface area contributed by atoms with Crippen molar-refractivity contribution < 1.29 is 19.1 Å². The number of nitrogens with zero attached hydrogens (tertiary/aromatic N) is 1. The Labute approximate surface area is 201 Å². The Morgan fingerprint density at radius 2 is 1.74 bits per heavy atom. The van der Waals surface area contributed by atoms with E-state index in [1.165, 1.54) is 0 Å². The van der Waals surface area contributed by atoms with Gasteiger partial charge in [0.25, 0.3) is 0 Å². The van der Waals surface area contributed by atoms with Crippen molar-refractivity contribution in [3.63, 3.8) is 0 Å². The molecule has 3 aromatic carbocycles. The number of rotatable bonds is 4. The Hall–Kier alpha value is -2.68. The highest BCUT2D eigenvalue weighted by Crippen LogP contribution is 2.26. The van der Waals surface area contributed by atoms with Crippen molar-refractivity contribution in [1.82, 2.24) is 0 Å². The van der Waals surface area contributed by atoms with Crippen LogP contribution in [-0.2, 0) is 9.53 Å². The van der Waals surface area contributed by atoms with Gasteiger partial charge in [-0.2, -0.15) is 0 Å². The van der Waals surface area contributed by atoms with Gasteiger partial charge in [-0.15, -0.1) is 0 Å². The number of cyclic esters (lactones) is 1. The second kappa shape index (κ2) is 9.21. The van der Waals surface area contributed by atoms with Crippen LogP contribution in [0.2, 0.25) is 10.0 Å². The summed E-state index contributed by atoms with van der Waals surface area (Å²) in [6, 6.07) is 18.6. The van der Waals surface area contributed by atoms with E-state index in [0.717, 1.165) is 3.57 Å². The number of ether oxygens (including phenoxy) is 2. The lowest BCUT2D eigenvalue weighted by Gasteiger charge is -2.06. The summed E-state index contributed by atoms with van der Waals surface area (Å²) in [6.07, 6.45) is 1.58. The van der Waals surface area contributed by atoms with Gasteiger partial charge in [0.15, 0.2) is 5.70 Å². The average molecular weight is 564 g/mol. The number of benzene rings is 3. The molecule has 0 radical (unpaired) electrons. The summed E-state index contributed by atoms with van der Waals surface area (Å²) in [7, 11) is 0. The molecule has 0 unspecified atom stereocenters. The lowest BCUT2D eigenvalue weighted by Crippen LogP contribution is -2.08. The summed E-state index contributed by atoms with van der Waals surface area (Å²) < 4.78 is 11.6. The number of halogens is 3. The first kappa shape index (κ1) is 21.5. The SMILES string of the molecule is O=C1OC(c2cc(I)ccc2Cl)=N/C1=C\c1ccc(OC(=O)c2ccccc2Cl)cc1. The largest absolute Gasteiger partial charge is 0.423 e. The van der Waals surface area contributed by atoms with Gasteiger partial charge in [-0.05, 0) is 76.7 Å². The fourth-order valence-electron chi connectivity index (χ4n) is 2.76. The lowest BCUT2D eigenvalue weighted by molar-refractivity contribution is -0.129. The third kappa shape index (κ3) is 4.98. The molecule has 0 fully saturated rings. The summed E-state index contributed by atoms with van der Waals surface area (Å²) in [4.78, 5) is 28.8. The van der Waals surface area contributed by atoms with Crippen molar-refractivity contribution in [3.8, 4) is 5.75 Å². The third-order valence-corrected chi connectivity index (χ3v) is 5.60. The highest BCUT2D eigenvalue weighted by atomic mass is 127. The molecule has 0 amide bonds. The minimum Gasteiger partial charge on any atom is -0.423 e. The molecule has 0 saturated carbocycles. The van der Waals surface area contributed by atoms with Crippen LogP contribution in [0.15, 0.2) is 77.4 Å².